The summed E-state index contributed by atoms with van der Waals surface area (Å²) in [5.41, 5.74) is 0. The first kappa shape index (κ1) is 9.37. The topological polar surface area (TPSA) is 109 Å². The number of rotatable bonds is 0. The molecular formula is C5H5N5O2S2. The van der Waals surface area contributed by atoms with E-state index in [0.29, 0.717) is 5.84 Å². The summed E-state index contributed by atoms with van der Waals surface area (Å²) in [6, 6.07) is -0.476. The molecule has 2 aliphatic heterocycles. The molecular weight excluding hydrogens is 226 g/mol. The van der Waals surface area contributed by atoms with Crippen LogP contribution in [0.4, 0.5) is 0 Å². The molecule has 74 valence electrons. The quantitative estimate of drug-likeness (QED) is 0.488. The highest BCUT2D eigenvalue weighted by Crippen LogP contribution is 2.09. The van der Waals surface area contributed by atoms with E-state index in [1.54, 1.807) is 0 Å². The zero-order valence-electron chi connectivity index (χ0n) is 6.71. The molecule has 2 heterocycles. The molecule has 0 radical (unpaired) electrons. The van der Waals surface area contributed by atoms with E-state index >= 15 is 0 Å². The van der Waals surface area contributed by atoms with E-state index in [1.165, 1.54) is 6.34 Å². The first-order valence-corrected chi connectivity index (χ1v) is 5.45. The molecule has 2 aliphatic rings. The summed E-state index contributed by atoms with van der Waals surface area (Å²) in [6.07, 6.45) is 1.29. The number of sulfonamides is 1. The molecule has 1 unspecified atom stereocenters. The van der Waals surface area contributed by atoms with Crippen molar-refractivity contribution in [2.24, 2.45) is 20.1 Å². The Morgan fingerprint density at radius 3 is 2.93 bits per heavy atom. The van der Waals surface area contributed by atoms with Crippen molar-refractivity contribution in [1.29, 1.82) is 0 Å². The van der Waals surface area contributed by atoms with Gasteiger partial charge in [0.1, 0.15) is 17.2 Å². The van der Waals surface area contributed by atoms with Crippen LogP contribution in [0.1, 0.15) is 0 Å². The number of hydrogen-bond donors (Lipinski definition) is 2. The second kappa shape index (κ2) is 2.90. The summed E-state index contributed by atoms with van der Waals surface area (Å²) >= 11 is 4.85. The van der Waals surface area contributed by atoms with Crippen molar-refractivity contribution >= 4 is 44.6 Å². The van der Waals surface area contributed by atoms with Gasteiger partial charge in [0, 0.05) is 0 Å². The third kappa shape index (κ3) is 1.45. The Kier molecular flexibility index (Phi) is 1.94. The molecule has 14 heavy (non-hydrogen) atoms. The Bertz CT molecular complexity index is 488. The molecule has 0 saturated carbocycles. The van der Waals surface area contributed by atoms with Crippen molar-refractivity contribution in [3.63, 3.8) is 0 Å². The number of fused-ring (bicyclic) bond motifs is 1. The zero-order chi connectivity index (χ0) is 10.3. The zero-order valence-corrected chi connectivity index (χ0v) is 8.34. The van der Waals surface area contributed by atoms with Crippen LogP contribution in [0, 0.1) is 0 Å². The lowest BCUT2D eigenvalue weighted by Crippen LogP contribution is -2.49. The fourth-order valence-corrected chi connectivity index (χ4v) is 1.81. The van der Waals surface area contributed by atoms with Crippen LogP contribution < -0.4 is 10.5 Å². The predicted octanol–water partition coefficient (Wildman–Crippen LogP) is -1.63. The van der Waals surface area contributed by atoms with Gasteiger partial charge >= 0.3 is 0 Å². The molecule has 0 aromatic heterocycles. The van der Waals surface area contributed by atoms with Crippen molar-refractivity contribution in [3.05, 3.63) is 0 Å². The smallest absolute Gasteiger partial charge is 0.271 e. The summed E-state index contributed by atoms with van der Waals surface area (Å²) in [5.74, 6) is 0.342. The Balaban J connectivity index is 2.44. The van der Waals surface area contributed by atoms with Crippen LogP contribution in [-0.4, -0.2) is 36.8 Å². The van der Waals surface area contributed by atoms with E-state index in [4.69, 9.17) is 17.4 Å². The molecule has 0 aromatic rings. The number of primary sulfonamides is 1. The Morgan fingerprint density at radius 1 is 1.57 bits per heavy atom. The maximum Gasteiger partial charge on any atom is 0.271 e. The molecule has 1 atom stereocenters. The average Bonchev–Trinajstić information content (AvgIpc) is 2.50. The summed E-state index contributed by atoms with van der Waals surface area (Å²) < 4.78 is 21.9. The second-order valence-corrected chi connectivity index (χ2v) is 4.50. The van der Waals surface area contributed by atoms with Crippen LogP contribution in [0.15, 0.2) is 15.0 Å². The van der Waals surface area contributed by atoms with Gasteiger partial charge in [-0.15, -0.1) is 0 Å². The van der Waals surface area contributed by atoms with E-state index in [-0.39, 0.29) is 10.2 Å². The third-order valence-electron chi connectivity index (χ3n) is 1.62. The molecule has 0 aromatic carbocycles. The minimum Gasteiger partial charge on any atom is -0.315 e. The largest absolute Gasteiger partial charge is 0.315 e. The number of amidine groups is 2. The van der Waals surface area contributed by atoms with Gasteiger partial charge in [0.05, 0.1) is 0 Å². The molecule has 9 heteroatoms. The van der Waals surface area contributed by atoms with Gasteiger partial charge in [-0.1, -0.05) is 12.2 Å². The van der Waals surface area contributed by atoms with Crippen LogP contribution in [0.3, 0.4) is 0 Å². The van der Waals surface area contributed by atoms with E-state index in [9.17, 15) is 8.42 Å². The maximum absolute atomic E-state index is 10.9. The first-order chi connectivity index (χ1) is 6.48. The molecule has 0 bridgehead atoms. The molecule has 0 fully saturated rings. The van der Waals surface area contributed by atoms with Crippen LogP contribution in [0.2, 0.25) is 0 Å². The fourth-order valence-electron chi connectivity index (χ4n) is 1.02. The maximum atomic E-state index is 10.9. The minimum atomic E-state index is -3.88. The SMILES string of the molecule is NS(=O)(=O)C1=NC(=S)C2N=CN=C2N1. The van der Waals surface area contributed by atoms with Crippen LogP contribution in [0.25, 0.3) is 0 Å². The minimum absolute atomic E-state index is 0.139. The van der Waals surface area contributed by atoms with Crippen molar-refractivity contribution in [2.45, 2.75) is 6.04 Å². The van der Waals surface area contributed by atoms with Gasteiger partial charge in [0.15, 0.2) is 6.04 Å². The van der Waals surface area contributed by atoms with Gasteiger partial charge in [0.25, 0.3) is 10.0 Å². The van der Waals surface area contributed by atoms with Gasteiger partial charge in [0.2, 0.25) is 5.17 Å². The van der Waals surface area contributed by atoms with Crippen molar-refractivity contribution in [1.82, 2.24) is 5.32 Å². The van der Waals surface area contributed by atoms with Crippen molar-refractivity contribution in [3.8, 4) is 0 Å². The highest BCUT2D eigenvalue weighted by molar-refractivity contribution is 8.04. The summed E-state index contributed by atoms with van der Waals surface area (Å²) in [7, 11) is -3.88. The molecule has 3 N–H and O–H groups in total. The van der Waals surface area contributed by atoms with E-state index in [2.05, 4.69) is 20.3 Å². The Morgan fingerprint density at radius 2 is 2.29 bits per heavy atom. The number of hydrogen-bond acceptors (Lipinski definition) is 6. The monoisotopic (exact) mass is 231 g/mol. The molecule has 2 rings (SSSR count). The highest BCUT2D eigenvalue weighted by atomic mass is 32.2. The van der Waals surface area contributed by atoms with Gasteiger partial charge in [-0.05, 0) is 0 Å². The average molecular weight is 231 g/mol. The summed E-state index contributed by atoms with van der Waals surface area (Å²) in [4.78, 5) is 11.4. The number of nitrogens with two attached hydrogens (primary N) is 1. The van der Waals surface area contributed by atoms with Crippen molar-refractivity contribution in [2.75, 3.05) is 0 Å². The fraction of sp³-hybridized carbons (Fsp3) is 0.200. The Hall–Kier alpha value is -1.19. The molecule has 0 aliphatic carbocycles. The Labute approximate surface area is 84.9 Å². The summed E-state index contributed by atoms with van der Waals surface area (Å²) in [5, 5.41) is 6.95. The lowest BCUT2D eigenvalue weighted by molar-refractivity contribution is 0.608. The van der Waals surface area contributed by atoms with E-state index < -0.39 is 16.1 Å². The summed E-state index contributed by atoms with van der Waals surface area (Å²) in [6.45, 7) is 0. The van der Waals surface area contributed by atoms with E-state index in [1.807, 2.05) is 0 Å². The van der Waals surface area contributed by atoms with Crippen LogP contribution in [0.5, 0.6) is 0 Å². The second-order valence-electron chi connectivity index (χ2n) is 2.61. The number of thiocarbonyl (C=S) groups is 1. The lowest BCUT2D eigenvalue weighted by Gasteiger charge is -2.17. The molecule has 7 nitrogen and oxygen atoms in total. The predicted molar refractivity (Wildman–Crippen MR) is 56.0 cm³/mol. The first-order valence-electron chi connectivity index (χ1n) is 3.50. The number of nitrogens with one attached hydrogen (secondary N) is 1. The van der Waals surface area contributed by atoms with Gasteiger partial charge < -0.3 is 5.32 Å². The molecule has 0 amide bonds. The van der Waals surface area contributed by atoms with Gasteiger partial charge in [-0.25, -0.2) is 23.5 Å². The van der Waals surface area contributed by atoms with Crippen molar-refractivity contribution < 1.29 is 8.42 Å². The highest BCUT2D eigenvalue weighted by Gasteiger charge is 2.32. The van der Waals surface area contributed by atoms with Crippen LogP contribution >= 0.6 is 12.2 Å². The standard InChI is InChI=1S/C5H5N5O2S2/c6-14(11,12)5-9-3-2(4(13)10-5)7-1-8-3/h1-2H,(H2,6,11,12)(H,7,8,9,10,13). The normalized spacial score (nSPS) is 25.2. The molecule has 0 saturated heterocycles. The number of nitrogens with zero attached hydrogens (tertiary/aromatic N) is 3. The number of aliphatic imine (C=N–C) groups is 3. The van der Waals surface area contributed by atoms with Crippen LogP contribution in [-0.2, 0) is 10.0 Å². The lowest BCUT2D eigenvalue weighted by atomic mass is 10.2. The van der Waals surface area contributed by atoms with Gasteiger partial charge in [-0.2, -0.15) is 0 Å². The molecule has 0 spiro atoms. The third-order valence-corrected chi connectivity index (χ3v) is 2.67. The van der Waals surface area contributed by atoms with Gasteiger partial charge in [-0.3, -0.25) is 4.99 Å². The van der Waals surface area contributed by atoms with E-state index in [0.717, 1.165) is 0 Å².